The van der Waals surface area contributed by atoms with Crippen LogP contribution in [-0.2, 0) is 4.74 Å². The zero-order chi connectivity index (χ0) is 14.4. The van der Waals surface area contributed by atoms with Crippen LogP contribution in [0.1, 0.15) is 12.8 Å². The molecule has 2 aliphatic heterocycles. The van der Waals surface area contributed by atoms with Gasteiger partial charge in [0, 0.05) is 44.0 Å². The molecule has 2 fully saturated rings. The summed E-state index contributed by atoms with van der Waals surface area (Å²) in [6.45, 7) is 3.68. The number of aliphatic imine (C=N–C) groups is 1. The third-order valence-electron chi connectivity index (χ3n) is 4.42. The van der Waals surface area contributed by atoms with Gasteiger partial charge in [-0.15, -0.1) is 24.0 Å². The molecule has 0 aromatic carbocycles. The van der Waals surface area contributed by atoms with Gasteiger partial charge in [0.15, 0.2) is 5.96 Å². The SMILES string of the molecule is CN=C(NCC1CCOC1)NCC1(N(C)C)CCSC1.I. The molecule has 0 saturated carbocycles. The van der Waals surface area contributed by atoms with Gasteiger partial charge in [-0.2, -0.15) is 11.8 Å². The molecule has 0 radical (unpaired) electrons. The highest BCUT2D eigenvalue weighted by Gasteiger charge is 2.36. The van der Waals surface area contributed by atoms with Crippen molar-refractivity contribution in [2.75, 3.05) is 59.0 Å². The summed E-state index contributed by atoms with van der Waals surface area (Å²) in [4.78, 5) is 6.69. The lowest BCUT2D eigenvalue weighted by Gasteiger charge is -2.36. The monoisotopic (exact) mass is 428 g/mol. The van der Waals surface area contributed by atoms with Crippen molar-refractivity contribution >= 4 is 41.7 Å². The van der Waals surface area contributed by atoms with E-state index < -0.39 is 0 Å². The van der Waals surface area contributed by atoms with Gasteiger partial charge >= 0.3 is 0 Å². The van der Waals surface area contributed by atoms with Crippen LogP contribution >= 0.6 is 35.7 Å². The Morgan fingerprint density at radius 2 is 2.24 bits per heavy atom. The largest absolute Gasteiger partial charge is 0.381 e. The first-order valence-electron chi connectivity index (χ1n) is 7.44. The number of nitrogens with zero attached hydrogens (tertiary/aromatic N) is 2. The highest BCUT2D eigenvalue weighted by atomic mass is 127. The second-order valence-electron chi connectivity index (χ2n) is 5.96. The van der Waals surface area contributed by atoms with Gasteiger partial charge in [-0.25, -0.2) is 0 Å². The predicted octanol–water partition coefficient (Wildman–Crippen LogP) is 1.24. The van der Waals surface area contributed by atoms with Crippen LogP contribution in [-0.4, -0.2) is 75.4 Å². The molecule has 0 amide bonds. The molecule has 124 valence electrons. The van der Waals surface area contributed by atoms with Crippen LogP contribution in [0.2, 0.25) is 0 Å². The standard InChI is InChI=1S/C14H28N4OS.HI/c1-15-13(16-8-12-4-6-19-9-12)17-10-14(18(2)3)5-7-20-11-14;/h12H,4-11H2,1-3H3,(H2,15,16,17);1H. The molecule has 5 nitrogen and oxygen atoms in total. The van der Waals surface area contributed by atoms with Crippen molar-refractivity contribution in [2.45, 2.75) is 18.4 Å². The number of nitrogens with one attached hydrogen (secondary N) is 2. The second kappa shape index (κ2) is 9.42. The maximum atomic E-state index is 5.40. The lowest BCUT2D eigenvalue weighted by Crippen LogP contribution is -2.55. The van der Waals surface area contributed by atoms with Gasteiger partial charge in [-0.05, 0) is 32.7 Å². The molecule has 21 heavy (non-hydrogen) atoms. The van der Waals surface area contributed by atoms with Crippen molar-refractivity contribution in [3.05, 3.63) is 0 Å². The third kappa shape index (κ3) is 5.44. The summed E-state index contributed by atoms with van der Waals surface area (Å²) in [7, 11) is 6.20. The van der Waals surface area contributed by atoms with Crippen LogP contribution < -0.4 is 10.6 Å². The summed E-state index contributed by atoms with van der Waals surface area (Å²) in [5.74, 6) is 3.99. The minimum atomic E-state index is 0. The number of guanidine groups is 1. The van der Waals surface area contributed by atoms with E-state index in [2.05, 4.69) is 34.6 Å². The Morgan fingerprint density at radius 3 is 2.76 bits per heavy atom. The second-order valence-corrected chi connectivity index (χ2v) is 7.06. The smallest absolute Gasteiger partial charge is 0.191 e. The van der Waals surface area contributed by atoms with Crippen molar-refractivity contribution in [3.8, 4) is 0 Å². The molecule has 7 heteroatoms. The quantitative estimate of drug-likeness (QED) is 0.392. The number of likely N-dealkylation sites (N-methyl/N-ethyl adjacent to an activating group) is 1. The van der Waals surface area contributed by atoms with Crippen LogP contribution in [0.5, 0.6) is 0 Å². The van der Waals surface area contributed by atoms with Crippen molar-refractivity contribution in [3.63, 3.8) is 0 Å². The highest BCUT2D eigenvalue weighted by Crippen LogP contribution is 2.31. The zero-order valence-corrected chi connectivity index (χ0v) is 16.5. The number of hydrogen-bond acceptors (Lipinski definition) is 4. The fourth-order valence-electron chi connectivity index (χ4n) is 2.70. The molecular weight excluding hydrogens is 399 g/mol. The van der Waals surface area contributed by atoms with E-state index in [0.29, 0.717) is 5.92 Å². The maximum absolute atomic E-state index is 5.40. The van der Waals surface area contributed by atoms with E-state index in [4.69, 9.17) is 4.74 Å². The summed E-state index contributed by atoms with van der Waals surface area (Å²) >= 11 is 2.04. The Bertz CT molecular complexity index is 329. The molecule has 0 bridgehead atoms. The normalized spacial score (nSPS) is 29.5. The molecule has 2 saturated heterocycles. The molecule has 2 atom stereocenters. The van der Waals surface area contributed by atoms with Gasteiger partial charge in [0.25, 0.3) is 0 Å². The molecule has 2 aliphatic rings. The van der Waals surface area contributed by atoms with Crippen LogP contribution in [0, 0.1) is 5.92 Å². The van der Waals surface area contributed by atoms with E-state index in [0.717, 1.165) is 38.7 Å². The fraction of sp³-hybridized carbons (Fsp3) is 0.929. The molecule has 2 unspecified atom stereocenters. The Kier molecular flexibility index (Phi) is 8.66. The average molecular weight is 428 g/mol. The fourth-order valence-corrected chi connectivity index (χ4v) is 4.25. The predicted molar refractivity (Wildman–Crippen MR) is 102 cm³/mol. The van der Waals surface area contributed by atoms with Gasteiger partial charge in [-0.1, -0.05) is 0 Å². The van der Waals surface area contributed by atoms with E-state index in [9.17, 15) is 0 Å². The van der Waals surface area contributed by atoms with Crippen LogP contribution in [0.25, 0.3) is 0 Å². The molecule has 2 heterocycles. The summed E-state index contributed by atoms with van der Waals surface area (Å²) in [6, 6.07) is 0. The van der Waals surface area contributed by atoms with Crippen LogP contribution in [0.4, 0.5) is 0 Å². The van der Waals surface area contributed by atoms with Crippen molar-refractivity contribution in [2.24, 2.45) is 10.9 Å². The van der Waals surface area contributed by atoms with Gasteiger partial charge in [-0.3, -0.25) is 4.99 Å². The number of rotatable bonds is 5. The Labute approximate surface area is 150 Å². The first kappa shape index (κ1) is 19.3. The summed E-state index contributed by atoms with van der Waals surface area (Å²) in [5.41, 5.74) is 0.263. The molecule has 0 aromatic rings. The van der Waals surface area contributed by atoms with Crippen LogP contribution in [0.3, 0.4) is 0 Å². The molecule has 2 N–H and O–H groups in total. The summed E-state index contributed by atoms with van der Waals surface area (Å²) in [5, 5.41) is 6.93. The first-order valence-corrected chi connectivity index (χ1v) is 8.59. The number of hydrogen-bond donors (Lipinski definition) is 2. The van der Waals surface area contributed by atoms with Crippen molar-refractivity contribution < 1.29 is 4.74 Å². The van der Waals surface area contributed by atoms with Crippen LogP contribution in [0.15, 0.2) is 4.99 Å². The summed E-state index contributed by atoms with van der Waals surface area (Å²) in [6.07, 6.45) is 2.40. The maximum Gasteiger partial charge on any atom is 0.191 e. The Morgan fingerprint density at radius 1 is 1.43 bits per heavy atom. The number of ether oxygens (including phenoxy) is 1. The minimum Gasteiger partial charge on any atom is -0.381 e. The Hall–Kier alpha value is 0.270. The number of thioether (sulfide) groups is 1. The molecule has 0 spiro atoms. The van der Waals surface area contributed by atoms with Gasteiger partial charge in [0.1, 0.15) is 0 Å². The Balaban J connectivity index is 0.00000220. The third-order valence-corrected chi connectivity index (χ3v) is 5.66. The lowest BCUT2D eigenvalue weighted by molar-refractivity contribution is 0.182. The number of halogens is 1. The van der Waals surface area contributed by atoms with E-state index >= 15 is 0 Å². The molecule has 0 aliphatic carbocycles. The van der Waals surface area contributed by atoms with E-state index in [-0.39, 0.29) is 29.5 Å². The van der Waals surface area contributed by atoms with Crippen molar-refractivity contribution in [1.82, 2.24) is 15.5 Å². The lowest BCUT2D eigenvalue weighted by atomic mass is 9.97. The van der Waals surface area contributed by atoms with Gasteiger partial charge < -0.3 is 20.3 Å². The van der Waals surface area contributed by atoms with Gasteiger partial charge in [0.2, 0.25) is 0 Å². The minimum absolute atomic E-state index is 0. The van der Waals surface area contributed by atoms with Crippen molar-refractivity contribution in [1.29, 1.82) is 0 Å². The molecular formula is C14H29IN4OS. The van der Waals surface area contributed by atoms with E-state index in [1.54, 1.807) is 0 Å². The zero-order valence-electron chi connectivity index (χ0n) is 13.4. The van der Waals surface area contributed by atoms with E-state index in [1.165, 1.54) is 17.9 Å². The highest BCUT2D eigenvalue weighted by molar-refractivity contribution is 14.0. The molecule has 2 rings (SSSR count). The summed E-state index contributed by atoms with van der Waals surface area (Å²) < 4.78 is 5.40. The topological polar surface area (TPSA) is 48.9 Å². The first-order chi connectivity index (χ1) is 9.66. The molecule has 0 aromatic heterocycles. The van der Waals surface area contributed by atoms with Gasteiger partial charge in [0.05, 0.1) is 6.61 Å². The average Bonchev–Trinajstić information content (AvgIpc) is 3.10. The van der Waals surface area contributed by atoms with E-state index in [1.807, 2.05) is 18.8 Å².